The van der Waals surface area contributed by atoms with Gasteiger partial charge in [-0.2, -0.15) is 0 Å². The van der Waals surface area contributed by atoms with E-state index in [1.54, 1.807) is 6.92 Å². The van der Waals surface area contributed by atoms with Crippen molar-refractivity contribution in [3.8, 4) is 0 Å². The second-order valence-electron chi connectivity index (χ2n) is 7.66. The average molecular weight is 402 g/mol. The molecule has 4 N–H and O–H groups in total. The van der Waals surface area contributed by atoms with E-state index in [4.69, 9.17) is 16.3 Å². The van der Waals surface area contributed by atoms with Crippen molar-refractivity contribution in [2.75, 3.05) is 26.2 Å². The van der Waals surface area contributed by atoms with Gasteiger partial charge in [0.05, 0.1) is 13.2 Å². The highest BCUT2D eigenvalue weighted by Gasteiger charge is 2.32. The largest absolute Gasteiger partial charge is 0.461 e. The van der Waals surface area contributed by atoms with Gasteiger partial charge >= 0.3 is 5.97 Å². The highest BCUT2D eigenvalue weighted by molar-refractivity contribution is 5.87. The maximum absolute atomic E-state index is 12.0. The van der Waals surface area contributed by atoms with E-state index in [2.05, 4.69) is 21.9 Å². The quantitative estimate of drug-likeness (QED) is 0.303. The molecule has 2 aliphatic rings. The fourth-order valence-electron chi connectivity index (χ4n) is 3.98. The van der Waals surface area contributed by atoms with Crippen LogP contribution in [0.5, 0.6) is 0 Å². The summed E-state index contributed by atoms with van der Waals surface area (Å²) in [6.45, 7) is 6.00. The Labute approximate surface area is 172 Å². The van der Waals surface area contributed by atoms with E-state index in [1.165, 1.54) is 16.8 Å². The predicted octanol–water partition coefficient (Wildman–Crippen LogP) is 0.922. The number of hydrogen-bond acceptors (Lipinski definition) is 7. The van der Waals surface area contributed by atoms with E-state index in [-0.39, 0.29) is 12.3 Å². The Morgan fingerprint density at radius 1 is 1.28 bits per heavy atom. The molecule has 8 heteroatoms. The number of fused-ring (bicyclic) bond motifs is 1. The van der Waals surface area contributed by atoms with Gasteiger partial charge < -0.3 is 20.4 Å². The highest BCUT2D eigenvalue weighted by atomic mass is 16.5. The summed E-state index contributed by atoms with van der Waals surface area (Å²) in [5, 5.41) is 1.38. The summed E-state index contributed by atoms with van der Waals surface area (Å²) < 4.78 is 4.84. The smallest absolute Gasteiger partial charge is 0.355 e. The lowest BCUT2D eigenvalue weighted by molar-refractivity contribution is -0.140. The molecular formula is C21H31N5O3. The van der Waals surface area contributed by atoms with Gasteiger partial charge in [0, 0.05) is 44.8 Å². The van der Waals surface area contributed by atoms with Crippen LogP contribution in [0, 0.1) is 0 Å². The third-order valence-corrected chi connectivity index (χ3v) is 5.43. The predicted molar refractivity (Wildman–Crippen MR) is 110 cm³/mol. The number of ether oxygens (including phenoxy) is 1. The van der Waals surface area contributed by atoms with E-state index in [0.29, 0.717) is 24.9 Å². The van der Waals surface area contributed by atoms with Crippen LogP contribution in [0.4, 0.5) is 0 Å². The molecule has 0 spiro atoms. The first-order chi connectivity index (χ1) is 14.0. The molecule has 1 aromatic rings. The Hall–Kier alpha value is -2.58. The number of benzene rings is 1. The molecule has 8 nitrogen and oxygen atoms in total. The zero-order valence-corrected chi connectivity index (χ0v) is 17.0. The molecule has 0 aliphatic carbocycles. The summed E-state index contributed by atoms with van der Waals surface area (Å²) in [7, 11) is 0. The summed E-state index contributed by atoms with van der Waals surface area (Å²) in [6.07, 6.45) is 4.21. The number of nitrogens with two attached hydrogens (primary N) is 2. The summed E-state index contributed by atoms with van der Waals surface area (Å²) in [4.78, 5) is 28.0. The van der Waals surface area contributed by atoms with Crippen molar-refractivity contribution < 1.29 is 14.3 Å². The molecule has 158 valence electrons. The number of nitrogens with zero attached hydrogens (tertiary/aromatic N) is 3. The second-order valence-corrected chi connectivity index (χ2v) is 7.66. The Morgan fingerprint density at radius 3 is 2.72 bits per heavy atom. The van der Waals surface area contributed by atoms with Crippen LogP contribution in [-0.2, 0) is 27.4 Å². The van der Waals surface area contributed by atoms with Crippen LogP contribution >= 0.6 is 0 Å². The molecule has 1 atom stereocenters. The summed E-state index contributed by atoms with van der Waals surface area (Å²) in [5.41, 5.74) is 7.91. The summed E-state index contributed by atoms with van der Waals surface area (Å²) >= 11 is 0. The van der Waals surface area contributed by atoms with Crippen LogP contribution < -0.4 is 11.6 Å². The molecule has 1 unspecified atom stereocenters. The van der Waals surface area contributed by atoms with Crippen LogP contribution in [0.2, 0.25) is 0 Å². The van der Waals surface area contributed by atoms with Crippen LogP contribution in [0.3, 0.4) is 0 Å². The standard InChI is InChI=1S/C21H31N5O3/c1-2-29-21(28)19(22)15-25(23)13-17-8-6-16(7-9-17)12-24-10-11-26-18(14-24)4-3-5-20(26)27/h6-9,15,18H,2-5,10-14,22-23H2,1H3/b19-15-. The third-order valence-electron chi connectivity index (χ3n) is 5.43. The first-order valence-electron chi connectivity index (χ1n) is 10.2. The van der Waals surface area contributed by atoms with Crippen molar-refractivity contribution in [2.24, 2.45) is 11.6 Å². The zero-order valence-electron chi connectivity index (χ0n) is 17.0. The molecule has 0 bridgehead atoms. The number of carbonyl (C=O) groups is 2. The van der Waals surface area contributed by atoms with Crippen molar-refractivity contribution >= 4 is 11.9 Å². The lowest BCUT2D eigenvalue weighted by Crippen LogP contribution is -2.56. The normalized spacial score (nSPS) is 20.3. The van der Waals surface area contributed by atoms with Gasteiger partial charge in [-0.25, -0.2) is 10.6 Å². The molecule has 0 radical (unpaired) electrons. The molecule has 2 heterocycles. The molecule has 3 rings (SSSR count). The molecule has 2 aliphatic heterocycles. The van der Waals surface area contributed by atoms with Crippen LogP contribution in [0.1, 0.15) is 37.3 Å². The van der Waals surface area contributed by atoms with Gasteiger partial charge in [-0.1, -0.05) is 24.3 Å². The maximum Gasteiger partial charge on any atom is 0.355 e. The maximum atomic E-state index is 12.0. The molecule has 2 fully saturated rings. The van der Waals surface area contributed by atoms with Crippen LogP contribution in [-0.4, -0.2) is 59.0 Å². The SMILES string of the molecule is CCOC(=O)/C(N)=C/N(N)Cc1ccc(CN2CCN3C(=O)CCCC3C2)cc1. The third kappa shape index (κ3) is 5.71. The van der Waals surface area contributed by atoms with Gasteiger partial charge in [-0.05, 0) is 30.9 Å². The van der Waals surface area contributed by atoms with Gasteiger partial charge in [0.25, 0.3) is 0 Å². The van der Waals surface area contributed by atoms with Gasteiger partial charge in [-0.15, -0.1) is 0 Å². The monoisotopic (exact) mass is 401 g/mol. The molecule has 0 saturated carbocycles. The molecule has 29 heavy (non-hydrogen) atoms. The van der Waals surface area contributed by atoms with Gasteiger partial charge in [-0.3, -0.25) is 9.69 Å². The van der Waals surface area contributed by atoms with E-state index in [1.807, 2.05) is 12.1 Å². The number of amides is 1. The Morgan fingerprint density at radius 2 is 2.00 bits per heavy atom. The molecular weight excluding hydrogens is 370 g/mol. The Balaban J connectivity index is 1.51. The zero-order chi connectivity index (χ0) is 20.8. The van der Waals surface area contributed by atoms with Crippen LogP contribution in [0.15, 0.2) is 36.2 Å². The Kier molecular flexibility index (Phi) is 7.11. The minimum absolute atomic E-state index is 0.0219. The lowest BCUT2D eigenvalue weighted by atomic mass is 9.98. The molecule has 1 amide bonds. The van der Waals surface area contributed by atoms with E-state index < -0.39 is 5.97 Å². The number of piperazine rings is 1. The number of hydrazine groups is 1. The molecule has 1 aromatic carbocycles. The number of carbonyl (C=O) groups excluding carboxylic acids is 2. The molecule has 2 saturated heterocycles. The summed E-state index contributed by atoms with van der Waals surface area (Å²) in [5.74, 6) is 5.67. The lowest BCUT2D eigenvalue weighted by Gasteiger charge is -2.44. The number of rotatable bonds is 7. The minimum atomic E-state index is -0.571. The second kappa shape index (κ2) is 9.76. The fraction of sp³-hybridized carbons (Fsp3) is 0.524. The van der Waals surface area contributed by atoms with E-state index in [0.717, 1.165) is 44.6 Å². The van der Waals surface area contributed by atoms with Crippen molar-refractivity contribution in [3.05, 3.63) is 47.3 Å². The van der Waals surface area contributed by atoms with Crippen LogP contribution in [0.25, 0.3) is 0 Å². The molecule has 0 aromatic heterocycles. The first kappa shape index (κ1) is 21.1. The number of piperidine rings is 1. The van der Waals surface area contributed by atoms with Crippen molar-refractivity contribution in [1.29, 1.82) is 0 Å². The van der Waals surface area contributed by atoms with Gasteiger partial charge in [0.15, 0.2) is 0 Å². The van der Waals surface area contributed by atoms with Gasteiger partial charge in [0.2, 0.25) is 5.91 Å². The average Bonchev–Trinajstić information content (AvgIpc) is 2.69. The summed E-state index contributed by atoms with van der Waals surface area (Å²) in [6, 6.07) is 8.63. The number of esters is 1. The minimum Gasteiger partial charge on any atom is -0.461 e. The number of hydrogen-bond donors (Lipinski definition) is 2. The van der Waals surface area contributed by atoms with Gasteiger partial charge in [0.1, 0.15) is 5.70 Å². The topological polar surface area (TPSA) is 105 Å². The van der Waals surface area contributed by atoms with Crippen molar-refractivity contribution in [1.82, 2.24) is 14.8 Å². The van der Waals surface area contributed by atoms with Crippen molar-refractivity contribution in [2.45, 2.75) is 45.3 Å². The highest BCUT2D eigenvalue weighted by Crippen LogP contribution is 2.23. The van der Waals surface area contributed by atoms with E-state index in [9.17, 15) is 9.59 Å². The van der Waals surface area contributed by atoms with E-state index >= 15 is 0 Å². The fourth-order valence-corrected chi connectivity index (χ4v) is 3.98. The Bertz CT molecular complexity index is 749. The van der Waals surface area contributed by atoms with Crippen molar-refractivity contribution in [3.63, 3.8) is 0 Å². The first-order valence-corrected chi connectivity index (χ1v) is 10.2.